The average Bonchev–Trinajstić information content (AvgIpc) is 2.83. The molecule has 0 atom stereocenters. The average molecular weight is 444 g/mol. The first-order valence-electron chi connectivity index (χ1n) is 10.3. The fourth-order valence-corrected chi connectivity index (χ4v) is 3.69. The maximum absolute atomic E-state index is 11.1. The third-order valence-corrected chi connectivity index (χ3v) is 5.28. The molecular formula is C27H24O6. The van der Waals surface area contributed by atoms with Crippen molar-refractivity contribution in [3.8, 4) is 56.8 Å². The summed E-state index contributed by atoms with van der Waals surface area (Å²) >= 11 is 0. The first-order valence-corrected chi connectivity index (χ1v) is 10.3. The quantitative estimate of drug-likeness (QED) is 0.337. The number of phenols is 3. The Balaban J connectivity index is 1.73. The van der Waals surface area contributed by atoms with E-state index in [0.717, 1.165) is 5.56 Å². The molecule has 0 heterocycles. The summed E-state index contributed by atoms with van der Waals surface area (Å²) in [4.78, 5) is 0. The molecule has 0 aliphatic carbocycles. The number of hydrogen-bond donors (Lipinski definition) is 3. The first kappa shape index (κ1) is 21.9. The number of ether oxygens (including phenoxy) is 3. The Bertz CT molecular complexity index is 1270. The summed E-state index contributed by atoms with van der Waals surface area (Å²) in [6, 6.07) is 22.9. The molecule has 0 bridgehead atoms. The van der Waals surface area contributed by atoms with Crippen molar-refractivity contribution in [2.75, 3.05) is 14.2 Å². The summed E-state index contributed by atoms with van der Waals surface area (Å²) < 4.78 is 16.8. The van der Waals surface area contributed by atoms with E-state index < -0.39 is 0 Å². The van der Waals surface area contributed by atoms with Crippen LogP contribution in [0.4, 0.5) is 0 Å². The molecule has 0 amide bonds. The zero-order valence-corrected chi connectivity index (χ0v) is 18.3. The Morgan fingerprint density at radius 3 is 2.15 bits per heavy atom. The summed E-state index contributed by atoms with van der Waals surface area (Å²) in [5.41, 5.74) is 3.07. The van der Waals surface area contributed by atoms with Gasteiger partial charge in [-0.15, -0.1) is 0 Å². The summed E-state index contributed by atoms with van der Waals surface area (Å²) in [7, 11) is 2.95. The summed E-state index contributed by atoms with van der Waals surface area (Å²) in [5, 5.41) is 31.5. The highest BCUT2D eigenvalue weighted by atomic mass is 16.5. The van der Waals surface area contributed by atoms with Crippen LogP contribution in [0, 0.1) is 0 Å². The van der Waals surface area contributed by atoms with Crippen LogP contribution < -0.4 is 14.2 Å². The molecule has 0 saturated carbocycles. The zero-order valence-electron chi connectivity index (χ0n) is 18.3. The minimum atomic E-state index is -0.146. The Hall–Kier alpha value is -4.32. The molecule has 0 aromatic heterocycles. The number of benzene rings is 4. The third-order valence-electron chi connectivity index (χ3n) is 5.28. The monoisotopic (exact) mass is 444 g/mol. The van der Waals surface area contributed by atoms with Crippen molar-refractivity contribution < 1.29 is 29.5 Å². The molecule has 6 nitrogen and oxygen atoms in total. The van der Waals surface area contributed by atoms with Crippen molar-refractivity contribution in [3.05, 3.63) is 84.4 Å². The van der Waals surface area contributed by atoms with E-state index >= 15 is 0 Å². The van der Waals surface area contributed by atoms with Crippen LogP contribution in [0.25, 0.3) is 22.3 Å². The third kappa shape index (κ3) is 4.50. The second kappa shape index (κ2) is 9.44. The van der Waals surface area contributed by atoms with Gasteiger partial charge in [0, 0.05) is 5.56 Å². The van der Waals surface area contributed by atoms with Gasteiger partial charge in [0.25, 0.3) is 0 Å². The second-order valence-corrected chi connectivity index (χ2v) is 7.39. The highest BCUT2D eigenvalue weighted by Crippen LogP contribution is 2.50. The van der Waals surface area contributed by atoms with Crippen LogP contribution >= 0.6 is 0 Å². The summed E-state index contributed by atoms with van der Waals surface area (Å²) in [6.45, 7) is 0.314. The standard InChI is InChI=1S/C27H24O6/c1-31-24-15-21(18-9-6-10-20(28)13-18)27(32-2)26(30)25(24)19-11-12-23(22(29)14-19)33-16-17-7-4-3-5-8-17/h3-15,28-30H,16H2,1-2H3. The zero-order chi connectivity index (χ0) is 23.4. The molecule has 0 saturated heterocycles. The number of methoxy groups -OCH3 is 2. The first-order chi connectivity index (χ1) is 16.0. The van der Waals surface area contributed by atoms with Gasteiger partial charge in [-0.1, -0.05) is 48.5 Å². The highest BCUT2D eigenvalue weighted by Gasteiger charge is 2.22. The lowest BCUT2D eigenvalue weighted by atomic mass is 9.96. The van der Waals surface area contributed by atoms with E-state index in [1.54, 1.807) is 42.5 Å². The van der Waals surface area contributed by atoms with Gasteiger partial charge in [-0.2, -0.15) is 0 Å². The van der Waals surface area contributed by atoms with Gasteiger partial charge in [0.2, 0.25) is 0 Å². The van der Waals surface area contributed by atoms with Gasteiger partial charge >= 0.3 is 0 Å². The predicted octanol–water partition coefficient (Wildman–Crippen LogP) is 5.73. The smallest absolute Gasteiger partial charge is 0.170 e. The normalized spacial score (nSPS) is 10.6. The predicted molar refractivity (Wildman–Crippen MR) is 126 cm³/mol. The van der Waals surface area contributed by atoms with Crippen LogP contribution in [-0.2, 0) is 6.61 Å². The lowest BCUT2D eigenvalue weighted by molar-refractivity contribution is 0.289. The lowest BCUT2D eigenvalue weighted by Gasteiger charge is -2.18. The lowest BCUT2D eigenvalue weighted by Crippen LogP contribution is -1.97. The Labute approximate surface area is 191 Å². The Morgan fingerprint density at radius 2 is 1.48 bits per heavy atom. The summed E-state index contributed by atoms with van der Waals surface area (Å²) in [6.07, 6.45) is 0. The van der Waals surface area contributed by atoms with E-state index in [1.165, 1.54) is 20.3 Å². The number of rotatable bonds is 7. The van der Waals surface area contributed by atoms with E-state index in [1.807, 2.05) is 30.3 Å². The highest BCUT2D eigenvalue weighted by molar-refractivity contribution is 5.88. The molecule has 3 N–H and O–H groups in total. The van der Waals surface area contributed by atoms with Gasteiger partial charge in [0.1, 0.15) is 18.1 Å². The molecule has 4 rings (SSSR count). The van der Waals surface area contributed by atoms with Crippen molar-refractivity contribution in [1.82, 2.24) is 0 Å². The molecule has 168 valence electrons. The molecule has 33 heavy (non-hydrogen) atoms. The van der Waals surface area contributed by atoms with Crippen molar-refractivity contribution in [3.63, 3.8) is 0 Å². The largest absolute Gasteiger partial charge is 0.508 e. The molecule has 6 heteroatoms. The maximum Gasteiger partial charge on any atom is 0.170 e. The number of phenolic OH excluding ortho intramolecular Hbond substituents is 3. The van der Waals surface area contributed by atoms with Crippen LogP contribution in [0.2, 0.25) is 0 Å². The van der Waals surface area contributed by atoms with E-state index in [9.17, 15) is 15.3 Å². The second-order valence-electron chi connectivity index (χ2n) is 7.39. The number of hydrogen-bond acceptors (Lipinski definition) is 6. The van der Waals surface area contributed by atoms with Gasteiger partial charge in [0.05, 0.1) is 19.8 Å². The van der Waals surface area contributed by atoms with Crippen molar-refractivity contribution in [1.29, 1.82) is 0 Å². The topological polar surface area (TPSA) is 88.4 Å². The van der Waals surface area contributed by atoms with Crippen LogP contribution in [-0.4, -0.2) is 29.5 Å². The van der Waals surface area contributed by atoms with Crippen molar-refractivity contribution in [2.45, 2.75) is 6.61 Å². The molecular weight excluding hydrogens is 420 g/mol. The van der Waals surface area contributed by atoms with Crippen LogP contribution in [0.5, 0.6) is 34.5 Å². The van der Waals surface area contributed by atoms with Gasteiger partial charge in [-0.05, 0) is 47.0 Å². The Morgan fingerprint density at radius 1 is 0.697 bits per heavy atom. The molecule has 0 aliphatic rings. The van der Waals surface area contributed by atoms with Crippen LogP contribution in [0.3, 0.4) is 0 Å². The van der Waals surface area contributed by atoms with Crippen molar-refractivity contribution in [2.24, 2.45) is 0 Å². The Kier molecular flexibility index (Phi) is 6.26. The van der Waals surface area contributed by atoms with Gasteiger partial charge in [-0.25, -0.2) is 0 Å². The van der Waals surface area contributed by atoms with Gasteiger partial charge in [0.15, 0.2) is 23.0 Å². The molecule has 0 spiro atoms. The minimum Gasteiger partial charge on any atom is -0.508 e. The van der Waals surface area contributed by atoms with Gasteiger partial charge in [-0.3, -0.25) is 0 Å². The van der Waals surface area contributed by atoms with Crippen LogP contribution in [0.1, 0.15) is 5.56 Å². The van der Waals surface area contributed by atoms with E-state index in [2.05, 4.69) is 0 Å². The van der Waals surface area contributed by atoms with Crippen LogP contribution in [0.15, 0.2) is 78.9 Å². The SMILES string of the molecule is COc1cc(-c2cccc(O)c2)c(OC)c(O)c1-c1ccc(OCc2ccccc2)c(O)c1. The van der Waals surface area contributed by atoms with E-state index in [4.69, 9.17) is 14.2 Å². The molecule has 4 aromatic rings. The maximum atomic E-state index is 11.1. The minimum absolute atomic E-state index is 0.0686. The number of aromatic hydroxyl groups is 3. The van der Waals surface area contributed by atoms with E-state index in [0.29, 0.717) is 40.4 Å². The van der Waals surface area contributed by atoms with Gasteiger partial charge < -0.3 is 29.5 Å². The fraction of sp³-hybridized carbons (Fsp3) is 0.111. The molecule has 0 fully saturated rings. The fourth-order valence-electron chi connectivity index (χ4n) is 3.69. The molecule has 0 aliphatic heterocycles. The summed E-state index contributed by atoms with van der Waals surface area (Å²) in [5.74, 6) is 0.801. The molecule has 4 aromatic carbocycles. The molecule has 0 unspecified atom stereocenters. The molecule has 0 radical (unpaired) electrons. The van der Waals surface area contributed by atoms with Crippen molar-refractivity contribution >= 4 is 0 Å². The van der Waals surface area contributed by atoms with E-state index in [-0.39, 0.29) is 23.0 Å².